The van der Waals surface area contributed by atoms with Gasteiger partial charge in [-0.1, -0.05) is 20.8 Å². The van der Waals surface area contributed by atoms with Gasteiger partial charge in [0.2, 0.25) is 0 Å². The van der Waals surface area contributed by atoms with E-state index >= 15 is 0 Å². The SMILES string of the molecule is COCC(C)OCC(O)CCC(O)C(C)(C)C. The summed E-state index contributed by atoms with van der Waals surface area (Å²) in [6.45, 7) is 8.68. The minimum absolute atomic E-state index is 0.0119. The van der Waals surface area contributed by atoms with Gasteiger partial charge in [-0.25, -0.2) is 0 Å². The molecule has 0 bridgehead atoms. The van der Waals surface area contributed by atoms with E-state index in [9.17, 15) is 10.2 Å². The standard InChI is InChI=1S/C13H28O4/c1-10(8-16-5)17-9-11(14)6-7-12(15)13(2,3)4/h10-12,14-15H,6-9H2,1-5H3. The highest BCUT2D eigenvalue weighted by molar-refractivity contribution is 4.73. The molecule has 4 nitrogen and oxygen atoms in total. The summed E-state index contributed by atoms with van der Waals surface area (Å²) < 4.78 is 10.3. The fraction of sp³-hybridized carbons (Fsp3) is 1.00. The van der Waals surface area contributed by atoms with E-state index in [1.165, 1.54) is 0 Å². The molecule has 0 aliphatic carbocycles. The van der Waals surface area contributed by atoms with Gasteiger partial charge in [0.25, 0.3) is 0 Å². The maximum Gasteiger partial charge on any atom is 0.0781 e. The highest BCUT2D eigenvalue weighted by Gasteiger charge is 2.22. The Labute approximate surface area is 105 Å². The number of aliphatic hydroxyl groups is 2. The molecule has 0 fully saturated rings. The molecule has 4 heteroatoms. The molecule has 0 spiro atoms. The summed E-state index contributed by atoms with van der Waals surface area (Å²) in [7, 11) is 1.62. The molecule has 0 saturated carbocycles. The average molecular weight is 248 g/mol. The minimum Gasteiger partial charge on any atom is -0.393 e. The van der Waals surface area contributed by atoms with Crippen molar-refractivity contribution in [2.24, 2.45) is 5.41 Å². The highest BCUT2D eigenvalue weighted by Crippen LogP contribution is 2.23. The number of methoxy groups -OCH3 is 1. The van der Waals surface area contributed by atoms with Crippen molar-refractivity contribution in [3.05, 3.63) is 0 Å². The van der Waals surface area contributed by atoms with E-state index in [-0.39, 0.29) is 11.5 Å². The van der Waals surface area contributed by atoms with Crippen LogP contribution in [0, 0.1) is 5.41 Å². The highest BCUT2D eigenvalue weighted by atomic mass is 16.5. The van der Waals surface area contributed by atoms with Crippen LogP contribution in [0.3, 0.4) is 0 Å². The number of hydrogen-bond donors (Lipinski definition) is 2. The fourth-order valence-corrected chi connectivity index (χ4v) is 1.42. The summed E-state index contributed by atoms with van der Waals surface area (Å²) in [6.07, 6.45) is 0.215. The quantitative estimate of drug-likeness (QED) is 0.685. The third-order valence-corrected chi connectivity index (χ3v) is 2.75. The van der Waals surface area contributed by atoms with Crippen LogP contribution in [-0.4, -0.2) is 48.8 Å². The lowest BCUT2D eigenvalue weighted by molar-refractivity contribution is -0.0398. The molecular formula is C13H28O4. The maximum absolute atomic E-state index is 9.82. The first kappa shape index (κ1) is 16.8. The monoisotopic (exact) mass is 248 g/mol. The predicted molar refractivity (Wildman–Crippen MR) is 68.0 cm³/mol. The van der Waals surface area contributed by atoms with Crippen LogP contribution < -0.4 is 0 Å². The van der Waals surface area contributed by atoms with E-state index in [1.54, 1.807) is 7.11 Å². The van der Waals surface area contributed by atoms with E-state index in [1.807, 2.05) is 27.7 Å². The molecule has 0 radical (unpaired) electrons. The predicted octanol–water partition coefficient (Wildman–Crippen LogP) is 1.59. The summed E-state index contributed by atoms with van der Waals surface area (Å²) in [5.41, 5.74) is -0.135. The summed E-state index contributed by atoms with van der Waals surface area (Å²) in [5.74, 6) is 0. The smallest absolute Gasteiger partial charge is 0.0781 e. The van der Waals surface area contributed by atoms with Gasteiger partial charge < -0.3 is 19.7 Å². The zero-order chi connectivity index (χ0) is 13.5. The zero-order valence-corrected chi connectivity index (χ0v) is 11.8. The summed E-state index contributed by atoms with van der Waals surface area (Å²) in [5, 5.41) is 19.5. The largest absolute Gasteiger partial charge is 0.393 e. The van der Waals surface area contributed by atoms with Gasteiger partial charge in [-0.3, -0.25) is 0 Å². The third-order valence-electron chi connectivity index (χ3n) is 2.75. The van der Waals surface area contributed by atoms with Crippen LogP contribution in [0.4, 0.5) is 0 Å². The van der Waals surface area contributed by atoms with Gasteiger partial charge in [0.15, 0.2) is 0 Å². The van der Waals surface area contributed by atoms with Crippen LogP contribution in [0.1, 0.15) is 40.5 Å². The Kier molecular flexibility index (Phi) is 7.96. The lowest BCUT2D eigenvalue weighted by Gasteiger charge is -2.26. The van der Waals surface area contributed by atoms with Gasteiger partial charge in [-0.15, -0.1) is 0 Å². The summed E-state index contributed by atoms with van der Waals surface area (Å²) in [6, 6.07) is 0. The Morgan fingerprint density at radius 3 is 2.12 bits per heavy atom. The molecule has 0 aliphatic heterocycles. The Morgan fingerprint density at radius 2 is 1.65 bits per heavy atom. The van der Waals surface area contributed by atoms with Crippen molar-refractivity contribution >= 4 is 0 Å². The molecule has 0 saturated heterocycles. The van der Waals surface area contributed by atoms with Crippen molar-refractivity contribution in [2.45, 2.75) is 58.8 Å². The fourth-order valence-electron chi connectivity index (χ4n) is 1.42. The third kappa shape index (κ3) is 8.55. The first-order valence-electron chi connectivity index (χ1n) is 6.24. The summed E-state index contributed by atoms with van der Waals surface area (Å²) in [4.78, 5) is 0. The first-order valence-corrected chi connectivity index (χ1v) is 6.24. The molecule has 3 unspecified atom stereocenters. The minimum atomic E-state index is -0.522. The van der Waals surface area contributed by atoms with Crippen molar-refractivity contribution in [2.75, 3.05) is 20.3 Å². The van der Waals surface area contributed by atoms with Gasteiger partial charge in [0, 0.05) is 7.11 Å². The van der Waals surface area contributed by atoms with E-state index in [4.69, 9.17) is 9.47 Å². The number of aliphatic hydroxyl groups excluding tert-OH is 2. The second kappa shape index (κ2) is 8.03. The molecule has 17 heavy (non-hydrogen) atoms. The van der Waals surface area contributed by atoms with E-state index in [0.717, 1.165) is 0 Å². The lowest BCUT2D eigenvalue weighted by Crippen LogP contribution is -2.29. The zero-order valence-electron chi connectivity index (χ0n) is 11.8. The average Bonchev–Trinajstić information content (AvgIpc) is 2.22. The van der Waals surface area contributed by atoms with Gasteiger partial charge in [-0.05, 0) is 25.2 Å². The topological polar surface area (TPSA) is 58.9 Å². The second-order valence-electron chi connectivity index (χ2n) is 5.71. The van der Waals surface area contributed by atoms with Crippen molar-refractivity contribution in [3.8, 4) is 0 Å². The Hall–Kier alpha value is -0.160. The molecule has 0 aliphatic rings. The van der Waals surface area contributed by atoms with Gasteiger partial charge in [0.05, 0.1) is 31.5 Å². The number of rotatable bonds is 8. The Bertz CT molecular complexity index is 188. The van der Waals surface area contributed by atoms with Crippen molar-refractivity contribution in [1.29, 1.82) is 0 Å². The van der Waals surface area contributed by atoms with E-state index < -0.39 is 12.2 Å². The van der Waals surface area contributed by atoms with E-state index in [2.05, 4.69) is 0 Å². The van der Waals surface area contributed by atoms with Crippen LogP contribution in [0.15, 0.2) is 0 Å². The molecule has 0 aromatic heterocycles. The summed E-state index contributed by atoms with van der Waals surface area (Å²) >= 11 is 0. The number of hydrogen-bond acceptors (Lipinski definition) is 4. The van der Waals surface area contributed by atoms with Crippen molar-refractivity contribution in [1.82, 2.24) is 0 Å². The Balaban J connectivity index is 3.69. The van der Waals surface area contributed by atoms with E-state index in [0.29, 0.717) is 26.1 Å². The van der Waals surface area contributed by atoms with Crippen LogP contribution >= 0.6 is 0 Å². The van der Waals surface area contributed by atoms with Gasteiger partial charge in [0.1, 0.15) is 0 Å². The maximum atomic E-state index is 9.82. The van der Waals surface area contributed by atoms with Gasteiger partial charge in [-0.2, -0.15) is 0 Å². The molecule has 104 valence electrons. The molecule has 0 aromatic carbocycles. The van der Waals surface area contributed by atoms with Crippen molar-refractivity contribution < 1.29 is 19.7 Å². The normalized spacial score (nSPS) is 17.8. The second-order valence-corrected chi connectivity index (χ2v) is 5.71. The Morgan fingerprint density at radius 1 is 1.06 bits per heavy atom. The molecule has 3 atom stereocenters. The molecule has 2 N–H and O–H groups in total. The van der Waals surface area contributed by atoms with Crippen molar-refractivity contribution in [3.63, 3.8) is 0 Å². The lowest BCUT2D eigenvalue weighted by atomic mass is 9.86. The number of ether oxygens (including phenoxy) is 2. The van der Waals surface area contributed by atoms with Crippen LogP contribution in [0.5, 0.6) is 0 Å². The molecule has 0 aromatic rings. The van der Waals surface area contributed by atoms with Crippen LogP contribution in [-0.2, 0) is 9.47 Å². The molecule has 0 amide bonds. The molecule has 0 heterocycles. The first-order chi connectivity index (χ1) is 7.77. The molecule has 0 rings (SSSR count). The van der Waals surface area contributed by atoms with Crippen LogP contribution in [0.25, 0.3) is 0 Å². The van der Waals surface area contributed by atoms with Gasteiger partial charge >= 0.3 is 0 Å². The van der Waals surface area contributed by atoms with Crippen LogP contribution in [0.2, 0.25) is 0 Å². The molecular weight excluding hydrogens is 220 g/mol.